The molecule has 0 atom stereocenters. The summed E-state index contributed by atoms with van der Waals surface area (Å²) in [6.45, 7) is 2.22. The fourth-order valence-corrected chi connectivity index (χ4v) is 0.655. The molecule has 3 heteroatoms. The fraction of sp³-hybridized carbons (Fsp3) is 0.750. The first-order valence-electron chi connectivity index (χ1n) is 3.91. The summed E-state index contributed by atoms with van der Waals surface area (Å²) < 4.78 is 4.68. The Morgan fingerprint density at radius 3 is 3.00 bits per heavy atom. The van der Waals surface area contributed by atoms with E-state index in [4.69, 9.17) is 0 Å². The van der Waals surface area contributed by atoms with Crippen LogP contribution in [0.1, 0.15) is 26.2 Å². The first-order valence-corrected chi connectivity index (χ1v) is 3.91. The molecular weight excluding hydrogens is 142 g/mol. The van der Waals surface area contributed by atoms with Crippen molar-refractivity contribution in [2.75, 3.05) is 6.61 Å². The van der Waals surface area contributed by atoms with Gasteiger partial charge in [0.1, 0.15) is 0 Å². The molecular formula is C8H12NO2+. The van der Waals surface area contributed by atoms with E-state index < -0.39 is 0 Å². The number of ether oxygens (including phenoxy) is 1. The predicted molar refractivity (Wildman–Crippen MR) is 41.5 cm³/mol. The highest BCUT2D eigenvalue weighted by molar-refractivity contribution is 5.72. The molecule has 3 nitrogen and oxygen atoms in total. The van der Waals surface area contributed by atoms with E-state index in [2.05, 4.69) is 15.7 Å². The number of esters is 1. The fourth-order valence-electron chi connectivity index (χ4n) is 0.655. The van der Waals surface area contributed by atoms with Crippen LogP contribution in [0, 0.1) is 6.07 Å². The van der Waals surface area contributed by atoms with Gasteiger partial charge in [-0.2, -0.15) is 0 Å². The third-order valence-corrected chi connectivity index (χ3v) is 1.35. The molecule has 0 radical (unpaired) electrons. The van der Waals surface area contributed by atoms with Gasteiger partial charge in [-0.15, -0.1) is 0 Å². The van der Waals surface area contributed by atoms with Crippen molar-refractivity contribution in [1.29, 1.82) is 0 Å². The first kappa shape index (κ1) is 8.06. The number of nitrogens with zero attached hydrogens (tertiary/aromatic N) is 1. The van der Waals surface area contributed by atoms with Crippen LogP contribution in [0.15, 0.2) is 0 Å². The quantitative estimate of drug-likeness (QED) is 0.563. The van der Waals surface area contributed by atoms with E-state index in [0.29, 0.717) is 12.6 Å². The van der Waals surface area contributed by atoms with Crippen molar-refractivity contribution in [3.05, 3.63) is 4.85 Å². The zero-order valence-corrected chi connectivity index (χ0v) is 6.67. The van der Waals surface area contributed by atoms with E-state index >= 15 is 0 Å². The second-order valence-corrected chi connectivity index (χ2v) is 2.50. The molecule has 0 unspecified atom stereocenters. The molecule has 0 bridgehead atoms. The van der Waals surface area contributed by atoms with Crippen LogP contribution in [0.4, 0.5) is 0 Å². The Bertz CT molecular complexity index is 198. The highest BCUT2D eigenvalue weighted by Gasteiger charge is 2.31. The normalized spacial score (nSPS) is 15.0. The number of rotatable bonds is 2. The van der Waals surface area contributed by atoms with E-state index in [1.807, 2.05) is 0 Å². The van der Waals surface area contributed by atoms with Crippen LogP contribution in [0.2, 0.25) is 0 Å². The molecule has 60 valence electrons. The maximum Gasteiger partial charge on any atom is 0.324 e. The van der Waals surface area contributed by atoms with Gasteiger partial charge >= 0.3 is 5.97 Å². The monoisotopic (exact) mass is 154 g/mol. The Hall–Kier alpha value is -1.04. The summed E-state index contributed by atoms with van der Waals surface area (Å²) in [5.74, 6) is -0.239. The Morgan fingerprint density at radius 2 is 2.45 bits per heavy atom. The highest BCUT2D eigenvalue weighted by atomic mass is 16.5. The maximum atomic E-state index is 10.7. The number of carbonyl (C=O) groups is 1. The summed E-state index contributed by atoms with van der Waals surface area (Å²) in [5.41, 5.74) is 0. The van der Waals surface area contributed by atoms with Crippen molar-refractivity contribution in [2.24, 2.45) is 0 Å². The summed E-state index contributed by atoms with van der Waals surface area (Å²) in [6, 6.07) is 3.13. The zero-order chi connectivity index (χ0) is 8.10. The largest absolute Gasteiger partial charge is 0.465 e. The molecule has 0 aliphatic heterocycles. The number of hydrogen-bond donors (Lipinski definition) is 0. The molecule has 0 aromatic rings. The van der Waals surface area contributed by atoms with E-state index in [-0.39, 0.29) is 12.4 Å². The van der Waals surface area contributed by atoms with Gasteiger partial charge in [0.2, 0.25) is 0 Å². The molecule has 0 spiro atoms. The van der Waals surface area contributed by atoms with Gasteiger partial charge in [-0.1, -0.05) is 4.85 Å². The molecule has 1 fully saturated rings. The topological polar surface area (TPSA) is 30.7 Å². The van der Waals surface area contributed by atoms with Crippen molar-refractivity contribution in [1.82, 2.24) is 0 Å². The number of carbonyl (C=O) groups excluding carboxylic acids is 1. The smallest absolute Gasteiger partial charge is 0.324 e. The summed E-state index contributed by atoms with van der Waals surface area (Å²) in [7, 11) is 0. The van der Waals surface area contributed by atoms with Gasteiger partial charge in [0.05, 0.1) is 6.61 Å². The van der Waals surface area contributed by atoms with Crippen LogP contribution in [0.5, 0.6) is 0 Å². The van der Waals surface area contributed by atoms with Crippen molar-refractivity contribution in [2.45, 2.75) is 32.2 Å². The van der Waals surface area contributed by atoms with Gasteiger partial charge in [0.25, 0.3) is 12.1 Å². The predicted octanol–water partition coefficient (Wildman–Crippen LogP) is 1.43. The Balaban J connectivity index is 2.10. The minimum absolute atomic E-state index is 0.199. The molecule has 0 saturated heterocycles. The molecule has 0 heterocycles. The average Bonchev–Trinajstić information content (AvgIpc) is 2.72. The average molecular weight is 154 g/mol. The molecule has 1 rings (SSSR count). The van der Waals surface area contributed by atoms with Gasteiger partial charge in [-0.05, 0) is 6.92 Å². The van der Waals surface area contributed by atoms with Crippen LogP contribution in [0.25, 0.3) is 4.85 Å². The van der Waals surface area contributed by atoms with E-state index in [9.17, 15) is 4.79 Å². The van der Waals surface area contributed by atoms with Crippen LogP contribution >= 0.6 is 0 Å². The zero-order valence-electron chi connectivity index (χ0n) is 6.67. The van der Waals surface area contributed by atoms with Crippen LogP contribution in [0.3, 0.4) is 0 Å². The Labute approximate surface area is 66.2 Å². The van der Waals surface area contributed by atoms with Crippen LogP contribution < -0.4 is 0 Å². The molecule has 11 heavy (non-hydrogen) atoms. The molecule has 1 aliphatic rings. The first-order chi connectivity index (χ1) is 5.33. The SMILES string of the molecule is CCOC(=O)CC#[N+]C1CC1. The number of hydrogen-bond acceptors (Lipinski definition) is 2. The summed E-state index contributed by atoms with van der Waals surface area (Å²) in [5, 5.41) is 0. The standard InChI is InChI=1S/C8H12NO2/c1-2-11-8(10)5-6-9-7-3-4-7/h7H,2-5H2,1H3/q+1. The van der Waals surface area contributed by atoms with Gasteiger partial charge in [0.15, 0.2) is 6.42 Å². The third kappa shape index (κ3) is 3.61. The summed E-state index contributed by atoms with van der Waals surface area (Å²) >= 11 is 0. The van der Waals surface area contributed by atoms with Gasteiger partial charge in [0, 0.05) is 12.8 Å². The minimum Gasteiger partial charge on any atom is -0.465 e. The van der Waals surface area contributed by atoms with Crippen molar-refractivity contribution in [3.63, 3.8) is 0 Å². The van der Waals surface area contributed by atoms with Crippen LogP contribution in [-0.4, -0.2) is 18.6 Å². The minimum atomic E-state index is -0.239. The lowest BCUT2D eigenvalue weighted by molar-refractivity contribution is -0.141. The second-order valence-electron chi connectivity index (χ2n) is 2.50. The molecule has 1 saturated carbocycles. The Morgan fingerprint density at radius 1 is 1.73 bits per heavy atom. The lowest BCUT2D eigenvalue weighted by Gasteiger charge is -1.91. The van der Waals surface area contributed by atoms with E-state index in [0.717, 1.165) is 12.8 Å². The van der Waals surface area contributed by atoms with Gasteiger partial charge in [-0.3, -0.25) is 4.79 Å². The summed E-state index contributed by atoms with van der Waals surface area (Å²) in [6.07, 6.45) is 2.50. The maximum absolute atomic E-state index is 10.7. The lowest BCUT2D eigenvalue weighted by atomic mass is 10.5. The van der Waals surface area contributed by atoms with E-state index in [1.165, 1.54) is 0 Å². The third-order valence-electron chi connectivity index (χ3n) is 1.35. The molecule has 0 aromatic carbocycles. The van der Waals surface area contributed by atoms with E-state index in [1.54, 1.807) is 6.92 Å². The lowest BCUT2D eigenvalue weighted by Crippen LogP contribution is -2.01. The molecule has 0 aromatic heterocycles. The Kier molecular flexibility index (Phi) is 2.91. The molecule has 0 amide bonds. The molecule has 0 N–H and O–H groups in total. The molecule has 1 aliphatic carbocycles. The summed E-state index contributed by atoms with van der Waals surface area (Å²) in [4.78, 5) is 14.7. The van der Waals surface area contributed by atoms with Crippen molar-refractivity contribution in [3.8, 4) is 6.07 Å². The van der Waals surface area contributed by atoms with Crippen LogP contribution in [-0.2, 0) is 9.53 Å². The second kappa shape index (κ2) is 3.97. The van der Waals surface area contributed by atoms with Gasteiger partial charge < -0.3 is 4.74 Å². The van der Waals surface area contributed by atoms with Gasteiger partial charge in [-0.25, -0.2) is 0 Å². The highest BCUT2D eigenvalue weighted by Crippen LogP contribution is 2.23. The van der Waals surface area contributed by atoms with Crippen molar-refractivity contribution < 1.29 is 9.53 Å². The van der Waals surface area contributed by atoms with Crippen molar-refractivity contribution >= 4 is 5.97 Å².